The molecule has 0 aliphatic carbocycles. The Kier molecular flexibility index (Phi) is 7.51. The zero-order chi connectivity index (χ0) is 27.6. The molecule has 1 saturated heterocycles. The number of para-hydroxylation sites is 1. The van der Waals surface area contributed by atoms with Crippen molar-refractivity contribution in [1.82, 2.24) is 15.6 Å². The topological polar surface area (TPSA) is 131 Å². The Morgan fingerprint density at radius 2 is 2.00 bits per heavy atom. The molecule has 9 nitrogen and oxygen atoms in total. The van der Waals surface area contributed by atoms with E-state index < -0.39 is 40.4 Å². The van der Waals surface area contributed by atoms with E-state index in [-0.39, 0.29) is 49.7 Å². The van der Waals surface area contributed by atoms with Crippen LogP contribution >= 0.6 is 0 Å². The monoisotopic (exact) mass is 534 g/mol. The molecule has 4 rings (SSSR count). The Labute approximate surface area is 215 Å². The number of halogens is 4. The fourth-order valence-corrected chi connectivity index (χ4v) is 4.13. The average molecular weight is 535 g/mol. The van der Waals surface area contributed by atoms with Crippen molar-refractivity contribution in [1.29, 1.82) is 0 Å². The number of anilines is 2. The van der Waals surface area contributed by atoms with Crippen LogP contribution in [0.1, 0.15) is 31.0 Å². The number of aliphatic imine (C=N–C) groups is 1. The van der Waals surface area contributed by atoms with Crippen molar-refractivity contribution in [3.8, 4) is 0 Å². The smallest absolute Gasteiger partial charge is 0.378 e. The Morgan fingerprint density at radius 1 is 1.24 bits per heavy atom. The molecule has 1 unspecified atom stereocenters. The number of ether oxygens (including phenoxy) is 1. The maximum atomic E-state index is 14.7. The summed E-state index contributed by atoms with van der Waals surface area (Å²) in [6.45, 7) is 1.54. The number of carbonyl (C=O) groups excluding carboxylic acids is 2. The van der Waals surface area contributed by atoms with Gasteiger partial charge in [-0.15, -0.1) is 0 Å². The lowest BCUT2D eigenvalue weighted by Crippen LogP contribution is -2.60. The van der Waals surface area contributed by atoms with E-state index in [0.29, 0.717) is 5.57 Å². The summed E-state index contributed by atoms with van der Waals surface area (Å²) in [6, 6.07) is 5.77. The van der Waals surface area contributed by atoms with E-state index in [1.807, 2.05) is 0 Å². The van der Waals surface area contributed by atoms with Gasteiger partial charge in [0.25, 0.3) is 0 Å². The first-order valence-electron chi connectivity index (χ1n) is 11.7. The van der Waals surface area contributed by atoms with Crippen LogP contribution in [0.4, 0.5) is 28.9 Å². The fourth-order valence-electron chi connectivity index (χ4n) is 4.13. The number of nitrogens with one attached hydrogen (secondary N) is 3. The van der Waals surface area contributed by atoms with Crippen LogP contribution in [0.3, 0.4) is 0 Å². The number of rotatable bonds is 7. The minimum atomic E-state index is -4.60. The molecule has 1 aromatic carbocycles. The highest BCUT2D eigenvalue weighted by atomic mass is 19.4. The van der Waals surface area contributed by atoms with E-state index in [4.69, 9.17) is 10.5 Å². The molecule has 2 aromatic rings. The molecule has 3 heterocycles. The van der Waals surface area contributed by atoms with Gasteiger partial charge in [0, 0.05) is 43.5 Å². The van der Waals surface area contributed by atoms with Gasteiger partial charge < -0.3 is 26.4 Å². The van der Waals surface area contributed by atoms with Crippen LogP contribution in [0, 0.1) is 5.82 Å². The second-order valence-corrected chi connectivity index (χ2v) is 9.46. The van der Waals surface area contributed by atoms with Gasteiger partial charge in [0.05, 0.1) is 47.5 Å². The predicted molar refractivity (Wildman–Crippen MR) is 131 cm³/mol. The van der Waals surface area contributed by atoms with Crippen LogP contribution in [0.15, 0.2) is 53.3 Å². The first kappa shape index (κ1) is 27.2. The second kappa shape index (κ2) is 10.5. The molecule has 2 aliphatic rings. The molecule has 0 saturated carbocycles. The van der Waals surface area contributed by atoms with Crippen molar-refractivity contribution >= 4 is 29.4 Å². The van der Waals surface area contributed by atoms with Gasteiger partial charge >= 0.3 is 6.18 Å². The van der Waals surface area contributed by atoms with Gasteiger partial charge in [-0.3, -0.25) is 19.6 Å². The van der Waals surface area contributed by atoms with Crippen LogP contribution in [-0.4, -0.2) is 47.3 Å². The highest BCUT2D eigenvalue weighted by Gasteiger charge is 2.44. The molecule has 38 heavy (non-hydrogen) atoms. The van der Waals surface area contributed by atoms with Crippen LogP contribution in [0.2, 0.25) is 0 Å². The summed E-state index contributed by atoms with van der Waals surface area (Å²) in [6.07, 6.45) is -0.106. The SMILES string of the molecule is CC1(N)C=NC=C(C(=O)N[C@@]2(C(=O)NCc3ncc(Nc4ccccc4C(F)(F)F)cc3F)CCOC2)C1. The predicted octanol–water partition coefficient (Wildman–Crippen LogP) is 2.95. The molecular weight excluding hydrogens is 508 g/mol. The first-order valence-corrected chi connectivity index (χ1v) is 11.7. The molecular formula is C25H26F4N6O3. The van der Waals surface area contributed by atoms with Crippen LogP contribution in [0.25, 0.3) is 0 Å². The third-order valence-electron chi connectivity index (χ3n) is 6.12. The molecule has 0 bridgehead atoms. The average Bonchev–Trinajstić information content (AvgIpc) is 3.32. The second-order valence-electron chi connectivity index (χ2n) is 9.46. The number of aromatic nitrogens is 1. The zero-order valence-electron chi connectivity index (χ0n) is 20.4. The number of hydrogen-bond donors (Lipinski definition) is 4. The van der Waals surface area contributed by atoms with Gasteiger partial charge in [0.15, 0.2) is 0 Å². The molecule has 0 spiro atoms. The van der Waals surface area contributed by atoms with Crippen molar-refractivity contribution in [2.45, 2.75) is 43.6 Å². The molecule has 2 atom stereocenters. The molecule has 2 aliphatic heterocycles. The van der Waals surface area contributed by atoms with E-state index in [9.17, 15) is 27.2 Å². The van der Waals surface area contributed by atoms with E-state index >= 15 is 0 Å². The minimum absolute atomic E-state index is 0.00229. The minimum Gasteiger partial charge on any atom is -0.378 e. The number of amides is 2. The van der Waals surface area contributed by atoms with E-state index in [1.54, 1.807) is 6.92 Å². The summed E-state index contributed by atoms with van der Waals surface area (Å²) < 4.78 is 59.8. The highest BCUT2D eigenvalue weighted by molar-refractivity contribution is 6.00. The van der Waals surface area contributed by atoms with Gasteiger partial charge in [-0.2, -0.15) is 13.2 Å². The molecule has 1 aromatic heterocycles. The van der Waals surface area contributed by atoms with Crippen molar-refractivity contribution in [3.63, 3.8) is 0 Å². The summed E-state index contributed by atoms with van der Waals surface area (Å²) in [5, 5.41) is 7.80. The molecule has 1 fully saturated rings. The Bertz CT molecular complexity index is 1290. The highest BCUT2D eigenvalue weighted by Crippen LogP contribution is 2.36. The molecule has 13 heteroatoms. The molecule has 5 N–H and O–H groups in total. The summed E-state index contributed by atoms with van der Waals surface area (Å²) in [5.41, 5.74) is 2.85. The summed E-state index contributed by atoms with van der Waals surface area (Å²) >= 11 is 0. The van der Waals surface area contributed by atoms with E-state index in [2.05, 4.69) is 25.9 Å². The van der Waals surface area contributed by atoms with Crippen molar-refractivity contribution in [2.24, 2.45) is 10.7 Å². The van der Waals surface area contributed by atoms with Gasteiger partial charge in [0.2, 0.25) is 11.8 Å². The normalized spacial score (nSPS) is 23.1. The Hall–Kier alpha value is -3.84. The van der Waals surface area contributed by atoms with Gasteiger partial charge in [-0.1, -0.05) is 12.1 Å². The lowest BCUT2D eigenvalue weighted by molar-refractivity contribution is -0.137. The van der Waals surface area contributed by atoms with E-state index in [1.165, 1.54) is 30.6 Å². The maximum absolute atomic E-state index is 14.7. The number of benzene rings is 1. The number of alkyl halides is 3. The van der Waals surface area contributed by atoms with Crippen LogP contribution < -0.4 is 21.7 Å². The summed E-state index contributed by atoms with van der Waals surface area (Å²) in [5.74, 6) is -1.95. The Balaban J connectivity index is 1.42. The number of carbonyl (C=O) groups is 2. The quantitative estimate of drug-likeness (QED) is 0.404. The van der Waals surface area contributed by atoms with Crippen molar-refractivity contribution < 1.29 is 31.9 Å². The number of nitrogens with zero attached hydrogens (tertiary/aromatic N) is 2. The lowest BCUT2D eigenvalue weighted by atomic mass is 9.91. The lowest BCUT2D eigenvalue weighted by Gasteiger charge is -2.30. The van der Waals surface area contributed by atoms with E-state index in [0.717, 1.165) is 18.3 Å². The maximum Gasteiger partial charge on any atom is 0.418 e. The fraction of sp³-hybridized carbons (Fsp3) is 0.360. The third kappa shape index (κ3) is 6.17. The van der Waals surface area contributed by atoms with Crippen molar-refractivity contribution in [2.75, 3.05) is 18.5 Å². The standard InChI is InChI=1S/C25H26F4N6O3/c1-23(30)9-15(10-31-13-23)21(36)35-24(6-7-38-14-24)22(37)33-12-20-18(26)8-16(11-32-20)34-19-5-3-2-4-17(19)25(27,28)29/h2-5,8,10-11,13,34H,6-7,9,12,14,30H2,1H3,(H,33,37)(H,35,36)/t23?,24-/m0/s1. The number of hydrogen-bond acceptors (Lipinski definition) is 7. The van der Waals surface area contributed by atoms with Crippen LogP contribution in [-0.2, 0) is 27.0 Å². The molecule has 2 amide bonds. The molecule has 202 valence electrons. The Morgan fingerprint density at radius 3 is 2.66 bits per heavy atom. The third-order valence-corrected chi connectivity index (χ3v) is 6.12. The number of nitrogens with two attached hydrogens (primary N) is 1. The van der Waals surface area contributed by atoms with Crippen LogP contribution in [0.5, 0.6) is 0 Å². The van der Waals surface area contributed by atoms with Gasteiger partial charge in [-0.25, -0.2) is 4.39 Å². The zero-order valence-corrected chi connectivity index (χ0v) is 20.4. The van der Waals surface area contributed by atoms with Gasteiger partial charge in [0.1, 0.15) is 11.4 Å². The first-order chi connectivity index (χ1) is 17.9. The largest absolute Gasteiger partial charge is 0.418 e. The molecule has 0 radical (unpaired) electrons. The van der Waals surface area contributed by atoms with Gasteiger partial charge in [-0.05, 0) is 19.1 Å². The summed E-state index contributed by atoms with van der Waals surface area (Å²) in [7, 11) is 0. The summed E-state index contributed by atoms with van der Waals surface area (Å²) in [4.78, 5) is 33.9. The number of pyridine rings is 1. The van der Waals surface area contributed by atoms with Crippen molar-refractivity contribution in [3.05, 3.63) is 65.4 Å².